The highest BCUT2D eigenvalue weighted by molar-refractivity contribution is 9.10. The van der Waals surface area contributed by atoms with E-state index >= 15 is 0 Å². The second-order valence-corrected chi connectivity index (χ2v) is 6.60. The third-order valence-corrected chi connectivity index (χ3v) is 4.81. The Hall–Kier alpha value is -1.16. The zero-order valence-corrected chi connectivity index (χ0v) is 12.1. The molecule has 2 amide bonds. The lowest BCUT2D eigenvalue weighted by atomic mass is 10.0. The van der Waals surface area contributed by atoms with Crippen molar-refractivity contribution >= 4 is 33.4 Å². The number of hydrogen-bond acceptors (Lipinski definition) is 2. The van der Waals surface area contributed by atoms with E-state index in [1.165, 1.54) is 4.90 Å². The number of aryl methyl sites for hydroxylation is 1. The van der Waals surface area contributed by atoms with Crippen LogP contribution in [0.3, 0.4) is 0 Å². The maximum absolute atomic E-state index is 12.3. The zero-order chi connectivity index (χ0) is 13.2. The average Bonchev–Trinajstić information content (AvgIpc) is 2.74. The maximum Gasteiger partial charge on any atom is 0.238 e. The lowest BCUT2D eigenvalue weighted by molar-refractivity contribution is -0.125. The smallest absolute Gasteiger partial charge is 0.238 e. The number of anilines is 1. The van der Waals surface area contributed by atoms with Crippen LogP contribution in [-0.4, -0.2) is 11.8 Å². The number of piperidine rings is 1. The molecule has 1 aromatic rings. The fourth-order valence-electron chi connectivity index (χ4n) is 2.98. The lowest BCUT2D eigenvalue weighted by Crippen LogP contribution is -2.36. The van der Waals surface area contributed by atoms with Gasteiger partial charge in [0, 0.05) is 4.47 Å². The van der Waals surface area contributed by atoms with E-state index in [9.17, 15) is 9.59 Å². The minimum absolute atomic E-state index is 0.0544. The van der Waals surface area contributed by atoms with Gasteiger partial charge in [-0.15, -0.1) is 0 Å². The van der Waals surface area contributed by atoms with Crippen LogP contribution in [0.1, 0.15) is 19.4 Å². The van der Waals surface area contributed by atoms with Gasteiger partial charge < -0.3 is 0 Å². The number of hydrogen-bond donors (Lipinski definition) is 0. The molecule has 94 valence electrons. The predicted octanol–water partition coefficient (Wildman–Crippen LogP) is 2.90. The number of amides is 2. The molecule has 0 bridgehead atoms. The number of nitrogens with zero attached hydrogens (tertiary/aromatic N) is 1. The standard InChI is InChI=1S/C14H14BrNO2/c1-7-4-5-8(15)9(6-7)16-12(17)10-11(13(16)18)14(10,2)3/h4-6,10-11H,1-3H3. The van der Waals surface area contributed by atoms with E-state index in [0.717, 1.165) is 10.0 Å². The average molecular weight is 308 g/mol. The number of rotatable bonds is 1. The van der Waals surface area contributed by atoms with Crippen LogP contribution < -0.4 is 4.90 Å². The molecule has 3 nitrogen and oxygen atoms in total. The molecular formula is C14H14BrNO2. The number of halogens is 1. The summed E-state index contributed by atoms with van der Waals surface area (Å²) < 4.78 is 0.786. The lowest BCUT2D eigenvalue weighted by Gasteiger charge is -2.22. The summed E-state index contributed by atoms with van der Waals surface area (Å²) in [6.07, 6.45) is 0. The van der Waals surface area contributed by atoms with Gasteiger partial charge in [-0.2, -0.15) is 0 Å². The van der Waals surface area contributed by atoms with Crippen molar-refractivity contribution in [2.24, 2.45) is 17.3 Å². The SMILES string of the molecule is Cc1ccc(Br)c(N2C(=O)C3C(C2=O)C3(C)C)c1. The van der Waals surface area contributed by atoms with Crippen molar-refractivity contribution in [1.82, 2.24) is 0 Å². The van der Waals surface area contributed by atoms with Gasteiger partial charge in [0.15, 0.2) is 0 Å². The van der Waals surface area contributed by atoms with Gasteiger partial charge in [0.25, 0.3) is 0 Å². The maximum atomic E-state index is 12.3. The number of carbonyl (C=O) groups is 2. The first-order chi connectivity index (χ1) is 8.35. The van der Waals surface area contributed by atoms with Gasteiger partial charge in [0.1, 0.15) is 0 Å². The van der Waals surface area contributed by atoms with Crippen molar-refractivity contribution in [2.75, 3.05) is 4.90 Å². The first-order valence-corrected chi connectivity index (χ1v) is 6.79. The zero-order valence-electron chi connectivity index (χ0n) is 10.5. The largest absolute Gasteiger partial charge is 0.274 e. The Labute approximate surface area is 114 Å². The van der Waals surface area contributed by atoms with Gasteiger partial charge in [-0.05, 0) is 46.0 Å². The van der Waals surface area contributed by atoms with E-state index in [1.807, 2.05) is 39.0 Å². The van der Waals surface area contributed by atoms with E-state index in [2.05, 4.69) is 15.9 Å². The van der Waals surface area contributed by atoms with Crippen LogP contribution >= 0.6 is 15.9 Å². The second kappa shape index (κ2) is 3.44. The molecule has 2 atom stereocenters. The van der Waals surface area contributed by atoms with Gasteiger partial charge in [-0.3, -0.25) is 9.59 Å². The summed E-state index contributed by atoms with van der Waals surface area (Å²) in [6, 6.07) is 5.70. The Bertz CT molecular complexity index is 555. The van der Waals surface area contributed by atoms with Crippen LogP contribution in [0.25, 0.3) is 0 Å². The molecule has 1 saturated heterocycles. The highest BCUT2D eigenvalue weighted by Crippen LogP contribution is 2.63. The first kappa shape index (κ1) is 11.9. The van der Waals surface area contributed by atoms with Crippen LogP contribution in [0.2, 0.25) is 0 Å². The summed E-state index contributed by atoms with van der Waals surface area (Å²) in [4.78, 5) is 26.0. The molecule has 0 spiro atoms. The van der Waals surface area contributed by atoms with Crippen LogP contribution in [0.5, 0.6) is 0 Å². The summed E-state index contributed by atoms with van der Waals surface area (Å²) in [5.74, 6) is -0.363. The van der Waals surface area contributed by atoms with Gasteiger partial charge in [-0.25, -0.2) is 4.90 Å². The number of benzene rings is 1. The predicted molar refractivity (Wildman–Crippen MR) is 72.1 cm³/mol. The minimum Gasteiger partial charge on any atom is -0.274 e. The minimum atomic E-state index is -0.152. The molecule has 1 aromatic carbocycles. The highest BCUT2D eigenvalue weighted by atomic mass is 79.9. The van der Waals surface area contributed by atoms with E-state index in [0.29, 0.717) is 5.69 Å². The van der Waals surface area contributed by atoms with Crippen molar-refractivity contribution in [3.8, 4) is 0 Å². The van der Waals surface area contributed by atoms with Crippen molar-refractivity contribution in [1.29, 1.82) is 0 Å². The molecule has 2 fully saturated rings. The Kier molecular flexibility index (Phi) is 2.28. The molecule has 3 rings (SSSR count). The van der Waals surface area contributed by atoms with Gasteiger partial charge >= 0.3 is 0 Å². The van der Waals surface area contributed by atoms with E-state index in [1.54, 1.807) is 0 Å². The van der Waals surface area contributed by atoms with Crippen LogP contribution in [-0.2, 0) is 9.59 Å². The summed E-state index contributed by atoms with van der Waals surface area (Å²) in [5.41, 5.74) is 1.56. The normalized spacial score (nSPS) is 28.6. The molecule has 2 aliphatic rings. The van der Waals surface area contributed by atoms with Crippen molar-refractivity contribution in [3.63, 3.8) is 0 Å². The van der Waals surface area contributed by atoms with Gasteiger partial charge in [0.2, 0.25) is 11.8 Å². The topological polar surface area (TPSA) is 37.4 Å². The molecule has 1 aliphatic heterocycles. The molecule has 1 aliphatic carbocycles. The monoisotopic (exact) mass is 307 g/mol. The highest BCUT2D eigenvalue weighted by Gasteiger charge is 2.72. The number of imide groups is 1. The summed E-state index contributed by atoms with van der Waals surface area (Å²) >= 11 is 3.41. The molecule has 1 heterocycles. The van der Waals surface area contributed by atoms with Gasteiger partial charge in [-0.1, -0.05) is 19.9 Å². The van der Waals surface area contributed by atoms with Crippen molar-refractivity contribution < 1.29 is 9.59 Å². The molecule has 4 heteroatoms. The van der Waals surface area contributed by atoms with Crippen LogP contribution in [0.4, 0.5) is 5.69 Å². The van der Waals surface area contributed by atoms with Crippen LogP contribution in [0.15, 0.2) is 22.7 Å². The third kappa shape index (κ3) is 1.35. The Balaban J connectivity index is 2.03. The molecular weight excluding hydrogens is 294 g/mol. The molecule has 1 saturated carbocycles. The summed E-state index contributed by atoms with van der Waals surface area (Å²) in [7, 11) is 0. The molecule has 18 heavy (non-hydrogen) atoms. The third-order valence-electron chi connectivity index (χ3n) is 4.14. The Morgan fingerprint density at radius 1 is 1.17 bits per heavy atom. The molecule has 0 N–H and O–H groups in total. The fourth-order valence-corrected chi connectivity index (χ4v) is 3.40. The molecule has 0 aromatic heterocycles. The second-order valence-electron chi connectivity index (χ2n) is 5.74. The van der Waals surface area contributed by atoms with E-state index in [4.69, 9.17) is 0 Å². The van der Waals surface area contributed by atoms with Crippen molar-refractivity contribution in [2.45, 2.75) is 20.8 Å². The quantitative estimate of drug-likeness (QED) is 0.748. The number of fused-ring (bicyclic) bond motifs is 1. The fraction of sp³-hybridized carbons (Fsp3) is 0.429. The molecule has 0 radical (unpaired) electrons. The van der Waals surface area contributed by atoms with Gasteiger partial charge in [0.05, 0.1) is 17.5 Å². The number of carbonyl (C=O) groups excluding carboxylic acids is 2. The van der Waals surface area contributed by atoms with E-state index in [-0.39, 0.29) is 29.1 Å². The molecule has 2 unspecified atom stereocenters. The summed E-state index contributed by atoms with van der Waals surface area (Å²) in [6.45, 7) is 5.92. The van der Waals surface area contributed by atoms with Crippen LogP contribution in [0, 0.1) is 24.2 Å². The Morgan fingerprint density at radius 3 is 2.28 bits per heavy atom. The summed E-state index contributed by atoms with van der Waals surface area (Å²) in [5, 5.41) is 0. The Morgan fingerprint density at radius 2 is 1.72 bits per heavy atom. The van der Waals surface area contributed by atoms with Crippen molar-refractivity contribution in [3.05, 3.63) is 28.2 Å². The first-order valence-electron chi connectivity index (χ1n) is 5.99. The van der Waals surface area contributed by atoms with E-state index < -0.39 is 0 Å².